The Labute approximate surface area is 111 Å². The number of pyridine rings is 1. The number of carbonyl (C=O) groups is 1. The third kappa shape index (κ3) is 2.96. The lowest BCUT2D eigenvalue weighted by molar-refractivity contribution is 0.0780. The van der Waals surface area contributed by atoms with Crippen molar-refractivity contribution in [2.45, 2.75) is 26.8 Å². The van der Waals surface area contributed by atoms with E-state index in [1.54, 1.807) is 30.4 Å². The number of hydrogen-bond acceptors (Lipinski definition) is 5. The summed E-state index contributed by atoms with van der Waals surface area (Å²) in [6.07, 6.45) is 3.97. The molecule has 0 saturated carbocycles. The van der Waals surface area contributed by atoms with Gasteiger partial charge in [0, 0.05) is 31.4 Å². The average Bonchev–Trinajstić information content (AvgIpc) is 2.86. The van der Waals surface area contributed by atoms with Crippen molar-refractivity contribution in [2.24, 2.45) is 0 Å². The first-order valence-corrected chi connectivity index (χ1v) is 6.09. The molecule has 19 heavy (non-hydrogen) atoms. The lowest BCUT2D eigenvalue weighted by Crippen LogP contribution is -2.27. The van der Waals surface area contributed by atoms with Crippen LogP contribution in [0.15, 0.2) is 23.0 Å². The lowest BCUT2D eigenvalue weighted by atomic mass is 10.1. The van der Waals surface area contributed by atoms with Gasteiger partial charge in [-0.3, -0.25) is 9.78 Å². The Balaban J connectivity index is 2.09. The maximum absolute atomic E-state index is 12.3. The van der Waals surface area contributed by atoms with Crippen molar-refractivity contribution >= 4 is 5.91 Å². The van der Waals surface area contributed by atoms with Gasteiger partial charge in [0.25, 0.3) is 5.91 Å². The zero-order valence-corrected chi connectivity index (χ0v) is 11.3. The quantitative estimate of drug-likeness (QED) is 0.835. The number of amides is 1. The number of aryl methyl sites for hydroxylation is 2. The normalized spacial score (nSPS) is 10.5. The predicted molar refractivity (Wildman–Crippen MR) is 68.4 cm³/mol. The molecule has 2 rings (SSSR count). The van der Waals surface area contributed by atoms with Gasteiger partial charge in [0.1, 0.15) is 0 Å². The van der Waals surface area contributed by atoms with E-state index in [2.05, 4.69) is 15.1 Å². The Hall–Kier alpha value is -2.24. The molecule has 0 unspecified atom stereocenters. The summed E-state index contributed by atoms with van der Waals surface area (Å²) in [5.74, 6) is 1.01. The Morgan fingerprint density at radius 2 is 2.26 bits per heavy atom. The second-order valence-corrected chi connectivity index (χ2v) is 4.31. The third-order valence-corrected chi connectivity index (χ3v) is 2.79. The Kier molecular flexibility index (Phi) is 3.89. The fourth-order valence-corrected chi connectivity index (χ4v) is 1.70. The van der Waals surface area contributed by atoms with Gasteiger partial charge < -0.3 is 9.42 Å². The first-order chi connectivity index (χ1) is 9.11. The van der Waals surface area contributed by atoms with Crippen LogP contribution in [0.25, 0.3) is 0 Å². The zero-order chi connectivity index (χ0) is 13.8. The smallest absolute Gasteiger partial charge is 0.254 e. The van der Waals surface area contributed by atoms with Crippen LogP contribution in [0, 0.1) is 6.92 Å². The minimum absolute atomic E-state index is 0.0808. The highest BCUT2D eigenvalue weighted by molar-refractivity contribution is 5.95. The summed E-state index contributed by atoms with van der Waals surface area (Å²) in [6, 6.07) is 1.71. The predicted octanol–water partition coefficient (Wildman–Crippen LogP) is 1.61. The molecule has 0 N–H and O–H groups in total. The Morgan fingerprint density at radius 3 is 2.89 bits per heavy atom. The summed E-state index contributed by atoms with van der Waals surface area (Å²) in [6.45, 7) is 4.12. The van der Waals surface area contributed by atoms with Crippen LogP contribution in [0.3, 0.4) is 0 Å². The molecule has 100 valence electrons. The Morgan fingerprint density at radius 1 is 1.47 bits per heavy atom. The fraction of sp³-hybridized carbons (Fsp3) is 0.385. The van der Waals surface area contributed by atoms with Crippen LogP contribution in [0.1, 0.15) is 34.6 Å². The zero-order valence-electron chi connectivity index (χ0n) is 11.3. The van der Waals surface area contributed by atoms with Crippen molar-refractivity contribution in [1.29, 1.82) is 0 Å². The van der Waals surface area contributed by atoms with Crippen molar-refractivity contribution in [1.82, 2.24) is 20.0 Å². The minimum atomic E-state index is -0.0808. The summed E-state index contributed by atoms with van der Waals surface area (Å²) in [7, 11) is 1.71. The number of rotatable bonds is 4. The van der Waals surface area contributed by atoms with E-state index < -0.39 is 0 Å². The topological polar surface area (TPSA) is 72.1 Å². The second-order valence-electron chi connectivity index (χ2n) is 4.31. The summed E-state index contributed by atoms with van der Waals surface area (Å²) in [5, 5.41) is 3.83. The molecule has 0 radical (unpaired) electrons. The van der Waals surface area contributed by atoms with Crippen LogP contribution < -0.4 is 0 Å². The molecule has 2 heterocycles. The van der Waals surface area contributed by atoms with Gasteiger partial charge in [-0.1, -0.05) is 12.1 Å². The van der Waals surface area contributed by atoms with E-state index in [0.717, 1.165) is 5.56 Å². The molecule has 6 heteroatoms. The maximum Gasteiger partial charge on any atom is 0.254 e. The van der Waals surface area contributed by atoms with Gasteiger partial charge in [0.15, 0.2) is 5.82 Å². The number of aromatic nitrogens is 3. The molecule has 0 bridgehead atoms. The third-order valence-electron chi connectivity index (χ3n) is 2.79. The molecule has 6 nitrogen and oxygen atoms in total. The van der Waals surface area contributed by atoms with E-state index in [9.17, 15) is 4.79 Å². The lowest BCUT2D eigenvalue weighted by Gasteiger charge is -2.16. The molecule has 0 atom stereocenters. The van der Waals surface area contributed by atoms with Crippen LogP contribution in [0.2, 0.25) is 0 Å². The van der Waals surface area contributed by atoms with Gasteiger partial charge in [-0.25, -0.2) is 0 Å². The standard InChI is InChI=1S/C13H16N4O2/c1-4-12-15-11(16-19-12)8-17(3)13(18)10-5-6-14-7-9(10)2/h5-7H,4,8H2,1-3H3. The van der Waals surface area contributed by atoms with Crippen LogP contribution >= 0.6 is 0 Å². The number of carbonyl (C=O) groups excluding carboxylic acids is 1. The summed E-state index contributed by atoms with van der Waals surface area (Å²) < 4.78 is 5.01. The Bertz CT molecular complexity index is 580. The van der Waals surface area contributed by atoms with Crippen LogP contribution in [-0.4, -0.2) is 33.0 Å². The molecule has 0 aliphatic carbocycles. The summed E-state index contributed by atoms with van der Waals surface area (Å²) in [4.78, 5) is 22.0. The molecule has 0 aliphatic heterocycles. The molecule has 0 saturated heterocycles. The first-order valence-electron chi connectivity index (χ1n) is 6.09. The van der Waals surface area contributed by atoms with Crippen molar-refractivity contribution in [2.75, 3.05) is 7.05 Å². The van der Waals surface area contributed by atoms with Crippen molar-refractivity contribution < 1.29 is 9.32 Å². The molecule has 0 aromatic carbocycles. The van der Waals surface area contributed by atoms with Gasteiger partial charge in [-0.2, -0.15) is 4.98 Å². The monoisotopic (exact) mass is 260 g/mol. The molecule has 0 fully saturated rings. The second kappa shape index (κ2) is 5.60. The first kappa shape index (κ1) is 13.2. The molecule has 2 aromatic heterocycles. The highest BCUT2D eigenvalue weighted by Crippen LogP contribution is 2.10. The van der Waals surface area contributed by atoms with Crippen molar-refractivity contribution in [3.8, 4) is 0 Å². The van der Waals surface area contributed by atoms with E-state index in [1.807, 2.05) is 13.8 Å². The van der Waals surface area contributed by atoms with Gasteiger partial charge in [0.2, 0.25) is 5.89 Å². The largest absolute Gasteiger partial charge is 0.339 e. The minimum Gasteiger partial charge on any atom is -0.339 e. The van der Waals surface area contributed by atoms with E-state index in [4.69, 9.17) is 4.52 Å². The van der Waals surface area contributed by atoms with Crippen molar-refractivity contribution in [3.05, 3.63) is 41.3 Å². The number of nitrogens with zero attached hydrogens (tertiary/aromatic N) is 4. The SMILES string of the molecule is CCc1nc(CN(C)C(=O)c2ccncc2C)no1. The van der Waals surface area contributed by atoms with E-state index in [1.165, 1.54) is 0 Å². The summed E-state index contributed by atoms with van der Waals surface area (Å²) >= 11 is 0. The van der Waals surface area contributed by atoms with E-state index in [0.29, 0.717) is 30.2 Å². The molecular formula is C13H16N4O2. The number of hydrogen-bond donors (Lipinski definition) is 0. The molecule has 0 spiro atoms. The highest BCUT2D eigenvalue weighted by Gasteiger charge is 2.16. The highest BCUT2D eigenvalue weighted by atomic mass is 16.5. The van der Waals surface area contributed by atoms with Crippen molar-refractivity contribution in [3.63, 3.8) is 0 Å². The molecule has 2 aromatic rings. The van der Waals surface area contributed by atoms with Crippen LogP contribution in [0.5, 0.6) is 0 Å². The fourth-order valence-electron chi connectivity index (χ4n) is 1.70. The van der Waals surface area contributed by atoms with Crippen LogP contribution in [0.4, 0.5) is 0 Å². The van der Waals surface area contributed by atoms with Gasteiger partial charge in [0.05, 0.1) is 6.54 Å². The molecular weight excluding hydrogens is 244 g/mol. The molecule has 1 amide bonds. The van der Waals surface area contributed by atoms with Gasteiger partial charge in [-0.05, 0) is 18.6 Å². The van der Waals surface area contributed by atoms with Crippen LogP contribution in [-0.2, 0) is 13.0 Å². The summed E-state index contributed by atoms with van der Waals surface area (Å²) in [5.41, 5.74) is 1.48. The van der Waals surface area contributed by atoms with E-state index >= 15 is 0 Å². The van der Waals surface area contributed by atoms with E-state index in [-0.39, 0.29) is 5.91 Å². The van der Waals surface area contributed by atoms with Gasteiger partial charge in [-0.15, -0.1) is 0 Å². The average molecular weight is 260 g/mol. The molecule has 0 aliphatic rings. The van der Waals surface area contributed by atoms with Gasteiger partial charge >= 0.3 is 0 Å². The maximum atomic E-state index is 12.3.